The van der Waals surface area contributed by atoms with Gasteiger partial charge in [0.2, 0.25) is 0 Å². The van der Waals surface area contributed by atoms with Crippen LogP contribution in [0.4, 0.5) is 0 Å². The van der Waals surface area contributed by atoms with E-state index in [0.29, 0.717) is 0 Å². The van der Waals surface area contributed by atoms with E-state index in [1.54, 1.807) is 0 Å². The molecule has 1 aromatic heterocycles. The summed E-state index contributed by atoms with van der Waals surface area (Å²) in [4.78, 5) is 2.69. The molecule has 1 atom stereocenters. The molecular formula is C15H18ClNS. The predicted molar refractivity (Wildman–Crippen MR) is 80.9 cm³/mol. The molecule has 0 spiro atoms. The van der Waals surface area contributed by atoms with Crippen LogP contribution in [0, 0.1) is 20.8 Å². The Kier molecular flexibility index (Phi) is 4.10. The molecule has 0 saturated heterocycles. The Morgan fingerprint density at radius 2 is 1.89 bits per heavy atom. The van der Waals surface area contributed by atoms with Crippen molar-refractivity contribution in [3.05, 3.63) is 55.7 Å². The van der Waals surface area contributed by atoms with Crippen LogP contribution in [0.2, 0.25) is 5.02 Å². The Balaban J connectivity index is 2.52. The Morgan fingerprint density at radius 1 is 1.17 bits per heavy atom. The van der Waals surface area contributed by atoms with Crippen molar-refractivity contribution in [1.82, 2.24) is 5.32 Å². The smallest absolute Gasteiger partial charge is 0.0686 e. The summed E-state index contributed by atoms with van der Waals surface area (Å²) in [5, 5.41) is 4.25. The quantitative estimate of drug-likeness (QED) is 0.863. The van der Waals surface area contributed by atoms with Crippen molar-refractivity contribution < 1.29 is 0 Å². The lowest BCUT2D eigenvalue weighted by atomic mass is 10.0. The number of rotatable bonds is 3. The standard InChI is InChI=1S/C15H18ClNS/c1-9-6-5-7-12(13(9)16)14(17-4)15-10(2)8-11(3)18-15/h5-8,14,17H,1-4H3. The van der Waals surface area contributed by atoms with Gasteiger partial charge in [-0.3, -0.25) is 0 Å². The number of hydrogen-bond acceptors (Lipinski definition) is 2. The summed E-state index contributed by atoms with van der Waals surface area (Å²) < 4.78 is 0. The fourth-order valence-electron chi connectivity index (χ4n) is 2.27. The van der Waals surface area contributed by atoms with Gasteiger partial charge in [-0.2, -0.15) is 0 Å². The molecule has 0 aliphatic rings. The molecule has 1 nitrogen and oxygen atoms in total. The van der Waals surface area contributed by atoms with Gasteiger partial charge in [0, 0.05) is 14.8 Å². The van der Waals surface area contributed by atoms with E-state index in [1.807, 2.05) is 31.4 Å². The van der Waals surface area contributed by atoms with E-state index in [1.165, 1.54) is 15.3 Å². The Bertz CT molecular complexity index is 560. The fraction of sp³-hybridized carbons (Fsp3) is 0.333. The van der Waals surface area contributed by atoms with E-state index in [4.69, 9.17) is 11.6 Å². The normalized spacial score (nSPS) is 12.7. The van der Waals surface area contributed by atoms with Crippen molar-refractivity contribution in [3.8, 4) is 0 Å². The highest BCUT2D eigenvalue weighted by atomic mass is 35.5. The third-order valence-corrected chi connectivity index (χ3v) is 4.90. The van der Waals surface area contributed by atoms with Crippen molar-refractivity contribution in [3.63, 3.8) is 0 Å². The second-order valence-corrected chi connectivity index (χ2v) is 6.27. The molecule has 3 heteroatoms. The first-order valence-electron chi connectivity index (χ1n) is 6.03. The Labute approximate surface area is 118 Å². The molecule has 0 saturated carbocycles. The number of nitrogens with one attached hydrogen (secondary N) is 1. The zero-order valence-corrected chi connectivity index (χ0v) is 12.7. The molecule has 96 valence electrons. The molecular weight excluding hydrogens is 262 g/mol. The Morgan fingerprint density at radius 3 is 2.44 bits per heavy atom. The van der Waals surface area contributed by atoms with Gasteiger partial charge in [0.1, 0.15) is 0 Å². The molecule has 0 aliphatic carbocycles. The SMILES string of the molecule is CNC(c1cccc(C)c1Cl)c1sc(C)cc1C. The highest BCUT2D eigenvalue weighted by Crippen LogP contribution is 2.35. The number of halogens is 1. The first-order valence-corrected chi connectivity index (χ1v) is 7.23. The third-order valence-electron chi connectivity index (χ3n) is 3.16. The largest absolute Gasteiger partial charge is 0.309 e. The van der Waals surface area contributed by atoms with Gasteiger partial charge in [0.25, 0.3) is 0 Å². The summed E-state index contributed by atoms with van der Waals surface area (Å²) in [5.74, 6) is 0. The molecule has 0 amide bonds. The average molecular weight is 280 g/mol. The summed E-state index contributed by atoms with van der Waals surface area (Å²) >= 11 is 8.28. The van der Waals surface area contributed by atoms with Crippen LogP contribution in [0.5, 0.6) is 0 Å². The van der Waals surface area contributed by atoms with Crippen molar-refractivity contribution in [2.24, 2.45) is 0 Å². The van der Waals surface area contributed by atoms with E-state index >= 15 is 0 Å². The van der Waals surface area contributed by atoms with Gasteiger partial charge in [0.05, 0.1) is 6.04 Å². The topological polar surface area (TPSA) is 12.0 Å². The molecule has 1 heterocycles. The second kappa shape index (κ2) is 5.43. The molecule has 0 aliphatic heterocycles. The van der Waals surface area contributed by atoms with E-state index in [-0.39, 0.29) is 6.04 Å². The maximum Gasteiger partial charge on any atom is 0.0686 e. The lowest BCUT2D eigenvalue weighted by molar-refractivity contribution is 0.700. The monoisotopic (exact) mass is 279 g/mol. The molecule has 0 fully saturated rings. The van der Waals surface area contributed by atoms with Crippen molar-refractivity contribution in [1.29, 1.82) is 0 Å². The van der Waals surface area contributed by atoms with E-state index in [0.717, 1.165) is 16.1 Å². The summed E-state index contributed by atoms with van der Waals surface area (Å²) in [6.07, 6.45) is 0. The molecule has 0 radical (unpaired) electrons. The predicted octanol–water partition coefficient (Wildman–Crippen LogP) is 4.64. The van der Waals surface area contributed by atoms with E-state index < -0.39 is 0 Å². The van der Waals surface area contributed by atoms with Crippen LogP contribution in [0.1, 0.15) is 32.5 Å². The van der Waals surface area contributed by atoms with Crippen molar-refractivity contribution in [2.45, 2.75) is 26.8 Å². The van der Waals surface area contributed by atoms with Gasteiger partial charge in [-0.25, -0.2) is 0 Å². The summed E-state index contributed by atoms with van der Waals surface area (Å²) in [6, 6.07) is 8.62. The molecule has 2 rings (SSSR count). The Hall–Kier alpha value is -0.830. The molecule has 1 N–H and O–H groups in total. The molecule has 0 bridgehead atoms. The summed E-state index contributed by atoms with van der Waals surface area (Å²) in [6.45, 7) is 6.35. The minimum Gasteiger partial charge on any atom is -0.309 e. The van der Waals surface area contributed by atoms with Crippen LogP contribution < -0.4 is 5.32 Å². The fourth-order valence-corrected chi connectivity index (χ4v) is 3.67. The van der Waals surface area contributed by atoms with Gasteiger partial charge in [-0.15, -0.1) is 11.3 Å². The van der Waals surface area contributed by atoms with E-state index in [2.05, 4.69) is 37.4 Å². The maximum absolute atomic E-state index is 6.44. The van der Waals surface area contributed by atoms with Crippen LogP contribution in [0.3, 0.4) is 0 Å². The van der Waals surface area contributed by atoms with Crippen LogP contribution in [-0.4, -0.2) is 7.05 Å². The highest BCUT2D eigenvalue weighted by Gasteiger charge is 2.19. The number of hydrogen-bond donors (Lipinski definition) is 1. The first-order chi connectivity index (χ1) is 8.54. The highest BCUT2D eigenvalue weighted by molar-refractivity contribution is 7.12. The second-order valence-electron chi connectivity index (χ2n) is 4.60. The number of benzene rings is 1. The molecule has 18 heavy (non-hydrogen) atoms. The first kappa shape index (κ1) is 13.6. The molecule has 1 unspecified atom stereocenters. The van der Waals surface area contributed by atoms with Crippen LogP contribution in [-0.2, 0) is 0 Å². The van der Waals surface area contributed by atoms with Gasteiger partial charge in [0.15, 0.2) is 0 Å². The van der Waals surface area contributed by atoms with Crippen LogP contribution in [0.25, 0.3) is 0 Å². The van der Waals surface area contributed by atoms with E-state index in [9.17, 15) is 0 Å². The molecule has 2 aromatic rings. The summed E-state index contributed by atoms with van der Waals surface area (Å²) in [5.41, 5.74) is 3.61. The van der Waals surface area contributed by atoms with Crippen LogP contribution in [0.15, 0.2) is 24.3 Å². The number of thiophene rings is 1. The van der Waals surface area contributed by atoms with Gasteiger partial charge < -0.3 is 5.32 Å². The zero-order valence-electron chi connectivity index (χ0n) is 11.2. The minimum absolute atomic E-state index is 0.177. The van der Waals surface area contributed by atoms with Crippen molar-refractivity contribution in [2.75, 3.05) is 7.05 Å². The lowest BCUT2D eigenvalue weighted by Crippen LogP contribution is -2.18. The van der Waals surface area contributed by atoms with Crippen molar-refractivity contribution >= 4 is 22.9 Å². The third kappa shape index (κ3) is 2.46. The maximum atomic E-state index is 6.44. The van der Waals surface area contributed by atoms with Gasteiger partial charge in [-0.1, -0.05) is 29.8 Å². The van der Waals surface area contributed by atoms with Gasteiger partial charge in [-0.05, 0) is 50.6 Å². The minimum atomic E-state index is 0.177. The average Bonchev–Trinajstić information content (AvgIpc) is 2.65. The molecule has 1 aromatic carbocycles. The van der Waals surface area contributed by atoms with Crippen LogP contribution >= 0.6 is 22.9 Å². The zero-order chi connectivity index (χ0) is 13.3. The van der Waals surface area contributed by atoms with Gasteiger partial charge >= 0.3 is 0 Å². The lowest BCUT2D eigenvalue weighted by Gasteiger charge is -2.18. The number of aryl methyl sites for hydroxylation is 3. The summed E-state index contributed by atoms with van der Waals surface area (Å²) in [7, 11) is 1.98.